The molecule has 0 radical (unpaired) electrons. The fourth-order valence-electron chi connectivity index (χ4n) is 6.81. The summed E-state index contributed by atoms with van der Waals surface area (Å²) in [4.78, 5) is 43.7. The molecule has 8 heteroatoms. The summed E-state index contributed by atoms with van der Waals surface area (Å²) in [6, 6.07) is 9.07. The molecule has 1 aliphatic carbocycles. The molecule has 2 aliphatic heterocycles. The topological polar surface area (TPSA) is 91.0 Å². The summed E-state index contributed by atoms with van der Waals surface area (Å²) in [6.07, 6.45) is 15.5. The number of likely N-dealkylation sites (tertiary alicyclic amines) is 1. The molecule has 3 aliphatic rings. The molecular weight excluding hydrogens is 552 g/mol. The highest BCUT2D eigenvalue weighted by Crippen LogP contribution is 2.35. The van der Waals surface area contributed by atoms with Gasteiger partial charge in [0.1, 0.15) is 18.2 Å². The number of alkyl carbamates (subject to hydrolysis) is 1. The van der Waals surface area contributed by atoms with Crippen molar-refractivity contribution in [3.8, 4) is 0 Å². The van der Waals surface area contributed by atoms with Crippen LogP contribution in [0.1, 0.15) is 90.5 Å². The Morgan fingerprint density at radius 1 is 1.16 bits per heavy atom. The lowest BCUT2D eigenvalue weighted by molar-refractivity contribution is -0.161. The molecule has 44 heavy (non-hydrogen) atoms. The zero-order valence-electron chi connectivity index (χ0n) is 27.2. The Kier molecular flexibility index (Phi) is 12.9. The Hall–Kier alpha value is -3.13. The summed E-state index contributed by atoms with van der Waals surface area (Å²) in [7, 11) is 0. The summed E-state index contributed by atoms with van der Waals surface area (Å²) >= 11 is 0. The van der Waals surface area contributed by atoms with Crippen LogP contribution in [-0.4, -0.2) is 72.0 Å². The van der Waals surface area contributed by atoms with Gasteiger partial charge >= 0.3 is 6.09 Å². The highest BCUT2D eigenvalue weighted by atomic mass is 16.5. The molecule has 2 saturated heterocycles. The maximum atomic E-state index is 13.7. The Bertz CT molecular complexity index is 1140. The second-order valence-corrected chi connectivity index (χ2v) is 13.2. The van der Waals surface area contributed by atoms with Gasteiger partial charge in [0, 0.05) is 32.7 Å². The van der Waals surface area contributed by atoms with Crippen molar-refractivity contribution in [1.82, 2.24) is 20.4 Å². The maximum Gasteiger partial charge on any atom is 0.407 e. The van der Waals surface area contributed by atoms with Crippen LogP contribution in [0.5, 0.6) is 0 Å². The number of nitrogens with one attached hydrogen (secondary N) is 2. The highest BCUT2D eigenvalue weighted by Gasteiger charge is 2.53. The van der Waals surface area contributed by atoms with E-state index < -0.39 is 17.7 Å². The van der Waals surface area contributed by atoms with E-state index in [1.165, 1.54) is 12.8 Å². The predicted molar refractivity (Wildman–Crippen MR) is 175 cm³/mol. The lowest BCUT2D eigenvalue weighted by Gasteiger charge is -2.52. The smallest absolute Gasteiger partial charge is 0.407 e. The lowest BCUT2D eigenvalue weighted by Crippen LogP contribution is -2.72. The number of allylic oxidation sites excluding steroid dienone is 4. The molecule has 2 fully saturated rings. The van der Waals surface area contributed by atoms with Crippen LogP contribution < -0.4 is 10.6 Å². The van der Waals surface area contributed by atoms with Crippen molar-refractivity contribution in [3.63, 3.8) is 0 Å². The van der Waals surface area contributed by atoms with Crippen molar-refractivity contribution < 1.29 is 19.1 Å². The van der Waals surface area contributed by atoms with Crippen LogP contribution in [0.2, 0.25) is 0 Å². The molecule has 4 rings (SSSR count). The zero-order valence-corrected chi connectivity index (χ0v) is 27.2. The van der Waals surface area contributed by atoms with Crippen LogP contribution >= 0.6 is 0 Å². The number of hydrogen-bond donors (Lipinski definition) is 2. The van der Waals surface area contributed by atoms with Crippen LogP contribution in [0.25, 0.3) is 0 Å². The van der Waals surface area contributed by atoms with E-state index in [0.29, 0.717) is 50.6 Å². The van der Waals surface area contributed by atoms with E-state index in [1.807, 2.05) is 35.2 Å². The van der Waals surface area contributed by atoms with Crippen molar-refractivity contribution in [1.29, 1.82) is 0 Å². The number of rotatable bonds is 14. The van der Waals surface area contributed by atoms with Crippen LogP contribution in [0.3, 0.4) is 0 Å². The number of piperazine rings is 1. The average Bonchev–Trinajstić information content (AvgIpc) is 3.02. The minimum absolute atomic E-state index is 0.0116. The number of carbonyl (C=O) groups excluding carboxylic acids is 3. The third-order valence-electron chi connectivity index (χ3n) is 9.37. The fourth-order valence-corrected chi connectivity index (χ4v) is 6.81. The average molecular weight is 607 g/mol. The molecule has 0 saturated carbocycles. The van der Waals surface area contributed by atoms with E-state index in [4.69, 9.17) is 4.74 Å². The summed E-state index contributed by atoms with van der Waals surface area (Å²) < 4.78 is 5.26. The molecule has 2 heterocycles. The largest absolute Gasteiger partial charge is 0.445 e. The minimum atomic E-state index is -0.730. The number of benzene rings is 1. The molecule has 1 aromatic carbocycles. The molecular formula is C36H54N4O4. The van der Waals surface area contributed by atoms with Crippen LogP contribution in [0.4, 0.5) is 4.79 Å². The van der Waals surface area contributed by atoms with Gasteiger partial charge in [-0.1, -0.05) is 74.9 Å². The molecule has 8 nitrogen and oxygen atoms in total. The Labute approximate surface area is 264 Å². The highest BCUT2D eigenvalue weighted by molar-refractivity contribution is 6.00. The van der Waals surface area contributed by atoms with Crippen molar-refractivity contribution in [2.75, 3.05) is 32.7 Å². The standard InChI is InChI=1S/C36H54N4O4/c1-4-23-40-33(41)32(15-8-9-22-37-35(43)44-27-31-12-6-5-7-13-31)38-34(42)36(40)20-24-39(25-21-36)26-30-18-16-29(17-19-30)14-10-11-28(2)3/h5-7,10-13,16,28,30,32H,4,8-9,14-15,17-27H2,1-3H3,(H,37,43)(H,38,42)/b11-10+/t30?,32-/m0/s1. The first-order valence-electron chi connectivity index (χ1n) is 16.9. The third kappa shape index (κ3) is 9.43. The normalized spacial score (nSPS) is 22.4. The first-order valence-corrected chi connectivity index (χ1v) is 16.9. The SMILES string of the molecule is CCCN1C(=O)[C@H](CCCCNC(=O)OCc2ccccc2)NC(=O)C12CCN(CC1CC=C(C/C=C/C(C)C)CC1)CC2. The number of amides is 3. The van der Waals surface area contributed by atoms with Gasteiger partial charge in [0.2, 0.25) is 11.8 Å². The third-order valence-corrected chi connectivity index (χ3v) is 9.37. The molecule has 2 N–H and O–H groups in total. The molecule has 0 bridgehead atoms. The van der Waals surface area contributed by atoms with Gasteiger partial charge < -0.3 is 25.2 Å². The monoisotopic (exact) mass is 606 g/mol. The summed E-state index contributed by atoms with van der Waals surface area (Å²) in [6.45, 7) is 10.6. The summed E-state index contributed by atoms with van der Waals surface area (Å²) in [5, 5.41) is 5.88. The number of ether oxygens (including phenoxy) is 1. The van der Waals surface area contributed by atoms with Crippen LogP contribution in [0.15, 0.2) is 54.1 Å². The van der Waals surface area contributed by atoms with E-state index in [1.54, 1.807) is 5.57 Å². The molecule has 242 valence electrons. The van der Waals surface area contributed by atoms with Gasteiger partial charge in [0.15, 0.2) is 0 Å². The summed E-state index contributed by atoms with van der Waals surface area (Å²) in [5.41, 5.74) is 1.78. The van der Waals surface area contributed by atoms with Crippen molar-refractivity contribution >= 4 is 17.9 Å². The van der Waals surface area contributed by atoms with Crippen molar-refractivity contribution in [3.05, 3.63) is 59.7 Å². The van der Waals surface area contributed by atoms with E-state index in [-0.39, 0.29) is 18.4 Å². The number of unbranched alkanes of at least 4 members (excludes halogenated alkanes) is 1. The van der Waals surface area contributed by atoms with Crippen LogP contribution in [-0.2, 0) is 20.9 Å². The van der Waals surface area contributed by atoms with Gasteiger partial charge in [0.25, 0.3) is 0 Å². The fraction of sp³-hybridized carbons (Fsp3) is 0.639. The van der Waals surface area contributed by atoms with Gasteiger partial charge in [0.05, 0.1) is 0 Å². The molecule has 1 spiro atoms. The van der Waals surface area contributed by atoms with E-state index in [0.717, 1.165) is 50.9 Å². The van der Waals surface area contributed by atoms with E-state index in [2.05, 4.69) is 54.5 Å². The van der Waals surface area contributed by atoms with Crippen molar-refractivity contribution in [2.24, 2.45) is 11.8 Å². The van der Waals surface area contributed by atoms with E-state index >= 15 is 0 Å². The molecule has 3 amide bonds. The maximum absolute atomic E-state index is 13.7. The van der Waals surface area contributed by atoms with Crippen molar-refractivity contribution in [2.45, 2.75) is 103 Å². The Morgan fingerprint density at radius 2 is 1.93 bits per heavy atom. The lowest BCUT2D eigenvalue weighted by atomic mass is 9.80. The second-order valence-electron chi connectivity index (χ2n) is 13.2. The van der Waals surface area contributed by atoms with E-state index in [9.17, 15) is 14.4 Å². The molecule has 0 aromatic heterocycles. The predicted octanol–water partition coefficient (Wildman–Crippen LogP) is 5.98. The molecule has 1 aromatic rings. The Balaban J connectivity index is 1.19. The van der Waals surface area contributed by atoms with Gasteiger partial charge in [-0.05, 0) is 81.6 Å². The van der Waals surface area contributed by atoms with Crippen LogP contribution in [0, 0.1) is 11.8 Å². The number of piperidine rings is 1. The first-order chi connectivity index (χ1) is 21.3. The Morgan fingerprint density at radius 3 is 2.61 bits per heavy atom. The zero-order chi connectivity index (χ0) is 31.4. The minimum Gasteiger partial charge on any atom is -0.445 e. The quantitative estimate of drug-likeness (QED) is 0.201. The van der Waals surface area contributed by atoms with Gasteiger partial charge in [-0.15, -0.1) is 0 Å². The van der Waals surface area contributed by atoms with Gasteiger partial charge in [-0.25, -0.2) is 4.79 Å². The second kappa shape index (κ2) is 16.8. The number of carbonyl (C=O) groups is 3. The first kappa shape index (κ1) is 33.8. The van der Waals surface area contributed by atoms with Gasteiger partial charge in [-0.2, -0.15) is 0 Å². The molecule has 2 atom stereocenters. The number of nitrogens with zero attached hydrogens (tertiary/aromatic N) is 2. The van der Waals surface area contributed by atoms with Gasteiger partial charge in [-0.3, -0.25) is 9.59 Å². The number of hydrogen-bond acceptors (Lipinski definition) is 5. The molecule has 1 unspecified atom stereocenters. The summed E-state index contributed by atoms with van der Waals surface area (Å²) in [5.74, 6) is 1.33.